The molecule has 0 bridgehead atoms. The van der Waals surface area contributed by atoms with Crippen LogP contribution in [0.1, 0.15) is 11.3 Å². The Hall–Kier alpha value is -1.68. The van der Waals surface area contributed by atoms with Gasteiger partial charge in [0.05, 0.1) is 12.1 Å². The van der Waals surface area contributed by atoms with Crippen molar-refractivity contribution in [3.63, 3.8) is 0 Å². The third-order valence-corrected chi connectivity index (χ3v) is 3.59. The number of hydrogen-bond acceptors (Lipinski definition) is 3. The molecule has 1 amide bonds. The quantitative estimate of drug-likeness (QED) is 0.850. The predicted octanol–water partition coefficient (Wildman–Crippen LogP) is 2.75. The highest BCUT2D eigenvalue weighted by atomic mass is 32.1. The molecule has 2 aromatic rings. The van der Waals surface area contributed by atoms with Crippen molar-refractivity contribution < 1.29 is 4.79 Å². The molecule has 0 aliphatic carbocycles. The van der Waals surface area contributed by atoms with Crippen LogP contribution < -0.4 is 0 Å². The number of amides is 1. The van der Waals surface area contributed by atoms with Gasteiger partial charge in [-0.25, -0.2) is 4.98 Å². The summed E-state index contributed by atoms with van der Waals surface area (Å²) >= 11 is 1.58. The van der Waals surface area contributed by atoms with Crippen LogP contribution in [-0.4, -0.2) is 29.9 Å². The van der Waals surface area contributed by atoms with Crippen molar-refractivity contribution >= 4 is 17.2 Å². The number of aromatic nitrogens is 1. The van der Waals surface area contributed by atoms with Gasteiger partial charge in [-0.1, -0.05) is 23.8 Å². The summed E-state index contributed by atoms with van der Waals surface area (Å²) in [5.74, 6) is 0.0797. The summed E-state index contributed by atoms with van der Waals surface area (Å²) in [4.78, 5) is 17.7. The smallest absolute Gasteiger partial charge is 0.228 e. The maximum Gasteiger partial charge on any atom is 0.228 e. The molecule has 0 spiro atoms. The van der Waals surface area contributed by atoms with Gasteiger partial charge in [0.25, 0.3) is 0 Å². The third kappa shape index (κ3) is 2.96. The number of hydrogen-bond donors (Lipinski definition) is 0. The molecule has 94 valence electrons. The normalized spacial score (nSPS) is 10.4. The van der Waals surface area contributed by atoms with Crippen LogP contribution in [0.2, 0.25) is 0 Å². The van der Waals surface area contributed by atoms with E-state index in [-0.39, 0.29) is 5.91 Å². The van der Waals surface area contributed by atoms with E-state index in [2.05, 4.69) is 24.0 Å². The molecular weight excluding hydrogens is 244 g/mol. The first-order chi connectivity index (χ1) is 8.56. The number of carbonyl (C=O) groups is 1. The molecular formula is C14H16N2OS. The van der Waals surface area contributed by atoms with Crippen LogP contribution in [0.4, 0.5) is 0 Å². The molecule has 0 aliphatic heterocycles. The average Bonchev–Trinajstić information content (AvgIpc) is 2.77. The maximum absolute atomic E-state index is 11.6. The topological polar surface area (TPSA) is 33.2 Å². The van der Waals surface area contributed by atoms with Crippen LogP contribution in [0.15, 0.2) is 29.6 Å². The zero-order valence-electron chi connectivity index (χ0n) is 10.8. The first kappa shape index (κ1) is 12.8. The lowest BCUT2D eigenvalue weighted by Crippen LogP contribution is -2.23. The van der Waals surface area contributed by atoms with E-state index in [1.807, 2.05) is 17.5 Å². The van der Waals surface area contributed by atoms with Crippen molar-refractivity contribution in [2.45, 2.75) is 13.3 Å². The molecule has 0 N–H and O–H groups in total. The molecule has 2 rings (SSSR count). The fourth-order valence-corrected chi connectivity index (χ4v) is 2.43. The number of nitrogens with zero attached hydrogens (tertiary/aromatic N) is 2. The van der Waals surface area contributed by atoms with Crippen molar-refractivity contribution in [1.82, 2.24) is 9.88 Å². The van der Waals surface area contributed by atoms with Gasteiger partial charge in [0.2, 0.25) is 5.91 Å². The lowest BCUT2D eigenvalue weighted by molar-refractivity contribution is -0.128. The Bertz CT molecular complexity index is 560. The summed E-state index contributed by atoms with van der Waals surface area (Å²) in [5.41, 5.74) is 3.17. The summed E-state index contributed by atoms with van der Waals surface area (Å²) in [5, 5.41) is 2.93. The first-order valence-electron chi connectivity index (χ1n) is 5.78. The van der Waals surface area contributed by atoms with Crippen LogP contribution >= 0.6 is 11.3 Å². The van der Waals surface area contributed by atoms with E-state index in [1.165, 1.54) is 5.56 Å². The van der Waals surface area contributed by atoms with Crippen LogP contribution in [0.25, 0.3) is 10.6 Å². The zero-order chi connectivity index (χ0) is 13.1. The van der Waals surface area contributed by atoms with E-state index in [0.29, 0.717) is 6.42 Å². The second-order valence-corrected chi connectivity index (χ2v) is 5.34. The Morgan fingerprint density at radius 3 is 2.83 bits per heavy atom. The van der Waals surface area contributed by atoms with E-state index in [9.17, 15) is 4.79 Å². The molecule has 0 unspecified atom stereocenters. The molecule has 4 heteroatoms. The van der Waals surface area contributed by atoms with E-state index in [4.69, 9.17) is 0 Å². The van der Waals surface area contributed by atoms with E-state index < -0.39 is 0 Å². The van der Waals surface area contributed by atoms with Gasteiger partial charge in [0.1, 0.15) is 5.01 Å². The lowest BCUT2D eigenvalue weighted by Gasteiger charge is -2.07. The van der Waals surface area contributed by atoms with Gasteiger partial charge in [0, 0.05) is 25.0 Å². The molecule has 3 nitrogen and oxygen atoms in total. The van der Waals surface area contributed by atoms with Gasteiger partial charge in [0.15, 0.2) is 0 Å². The fourth-order valence-electron chi connectivity index (χ4n) is 1.61. The largest absolute Gasteiger partial charge is 0.348 e. The van der Waals surface area contributed by atoms with Crippen molar-refractivity contribution in [3.8, 4) is 10.6 Å². The fraction of sp³-hybridized carbons (Fsp3) is 0.286. The number of rotatable bonds is 3. The van der Waals surface area contributed by atoms with Gasteiger partial charge in [-0.3, -0.25) is 4.79 Å². The summed E-state index contributed by atoms with van der Waals surface area (Å²) in [6, 6.07) is 8.24. The van der Waals surface area contributed by atoms with Gasteiger partial charge in [-0.05, 0) is 13.0 Å². The third-order valence-electron chi connectivity index (χ3n) is 2.65. The maximum atomic E-state index is 11.6. The lowest BCUT2D eigenvalue weighted by atomic mass is 10.1. The number of carbonyl (C=O) groups excluding carboxylic acids is 1. The molecule has 1 heterocycles. The second kappa shape index (κ2) is 5.31. The molecule has 18 heavy (non-hydrogen) atoms. The summed E-state index contributed by atoms with van der Waals surface area (Å²) in [6.07, 6.45) is 0.370. The standard InChI is InChI=1S/C14H16N2OS/c1-10-5-4-6-11(7-10)14-15-12(9-18-14)8-13(17)16(2)3/h4-7,9H,8H2,1-3H3. The van der Waals surface area contributed by atoms with Gasteiger partial charge < -0.3 is 4.90 Å². The Morgan fingerprint density at radius 2 is 2.17 bits per heavy atom. The Kier molecular flexibility index (Phi) is 3.77. The Morgan fingerprint density at radius 1 is 1.39 bits per heavy atom. The summed E-state index contributed by atoms with van der Waals surface area (Å²) in [7, 11) is 3.52. The molecule has 1 aromatic carbocycles. The minimum atomic E-state index is 0.0797. The molecule has 0 aliphatic rings. The highest BCUT2D eigenvalue weighted by Gasteiger charge is 2.10. The van der Waals surface area contributed by atoms with Crippen molar-refractivity contribution in [3.05, 3.63) is 40.9 Å². The molecule has 0 radical (unpaired) electrons. The molecule has 0 saturated carbocycles. The molecule has 1 aromatic heterocycles. The number of likely N-dealkylation sites (N-methyl/N-ethyl adjacent to an activating group) is 1. The second-order valence-electron chi connectivity index (χ2n) is 4.48. The predicted molar refractivity (Wildman–Crippen MR) is 74.7 cm³/mol. The number of thiazole rings is 1. The Balaban J connectivity index is 2.18. The average molecular weight is 260 g/mol. The van der Waals surface area contributed by atoms with Crippen molar-refractivity contribution in [1.29, 1.82) is 0 Å². The SMILES string of the molecule is Cc1cccc(-c2nc(CC(=O)N(C)C)cs2)c1. The van der Waals surface area contributed by atoms with Crippen LogP contribution in [0.3, 0.4) is 0 Å². The van der Waals surface area contributed by atoms with Crippen LogP contribution in [-0.2, 0) is 11.2 Å². The highest BCUT2D eigenvalue weighted by Crippen LogP contribution is 2.24. The van der Waals surface area contributed by atoms with Crippen molar-refractivity contribution in [2.24, 2.45) is 0 Å². The van der Waals surface area contributed by atoms with Crippen molar-refractivity contribution in [2.75, 3.05) is 14.1 Å². The summed E-state index contributed by atoms with van der Waals surface area (Å²) < 4.78 is 0. The van der Waals surface area contributed by atoms with E-state index in [0.717, 1.165) is 16.3 Å². The summed E-state index contributed by atoms with van der Waals surface area (Å²) in [6.45, 7) is 2.06. The highest BCUT2D eigenvalue weighted by molar-refractivity contribution is 7.13. The monoisotopic (exact) mass is 260 g/mol. The van der Waals surface area contributed by atoms with Gasteiger partial charge >= 0.3 is 0 Å². The van der Waals surface area contributed by atoms with Crippen LogP contribution in [0.5, 0.6) is 0 Å². The number of aryl methyl sites for hydroxylation is 1. The first-order valence-corrected chi connectivity index (χ1v) is 6.66. The van der Waals surface area contributed by atoms with E-state index >= 15 is 0 Å². The van der Waals surface area contributed by atoms with Gasteiger partial charge in [-0.15, -0.1) is 11.3 Å². The molecule has 0 atom stereocenters. The number of benzene rings is 1. The zero-order valence-corrected chi connectivity index (χ0v) is 11.6. The minimum Gasteiger partial charge on any atom is -0.348 e. The molecule has 0 fully saturated rings. The van der Waals surface area contributed by atoms with Crippen LogP contribution in [0, 0.1) is 6.92 Å². The minimum absolute atomic E-state index is 0.0797. The van der Waals surface area contributed by atoms with Gasteiger partial charge in [-0.2, -0.15) is 0 Å². The van der Waals surface area contributed by atoms with E-state index in [1.54, 1.807) is 30.3 Å². The molecule has 0 saturated heterocycles. The Labute approximate surface area is 111 Å².